The maximum Gasteiger partial charge on any atom is 0.416 e. The predicted molar refractivity (Wildman–Crippen MR) is 126 cm³/mol. The minimum absolute atomic E-state index is 0.0943. The van der Waals surface area contributed by atoms with Crippen molar-refractivity contribution in [2.24, 2.45) is 5.41 Å². The molecule has 1 heterocycles. The van der Waals surface area contributed by atoms with Crippen molar-refractivity contribution in [3.63, 3.8) is 0 Å². The van der Waals surface area contributed by atoms with Gasteiger partial charge in [0.05, 0.1) is 17.0 Å². The minimum Gasteiger partial charge on any atom is -0.294 e. The van der Waals surface area contributed by atoms with Crippen LogP contribution in [0.5, 0.6) is 0 Å². The molecular formula is C28H32F3NO. The number of nitrogens with zero attached hydrogens (tertiary/aromatic N) is 1. The number of benzene rings is 1. The molecule has 0 aliphatic heterocycles. The highest BCUT2D eigenvalue weighted by molar-refractivity contribution is 6.02. The number of fused-ring (bicyclic) bond motifs is 1. The zero-order valence-electron chi connectivity index (χ0n) is 19.9. The van der Waals surface area contributed by atoms with E-state index in [-0.39, 0.29) is 23.0 Å². The van der Waals surface area contributed by atoms with Crippen molar-refractivity contribution in [2.75, 3.05) is 0 Å². The molecule has 2 aromatic rings. The number of carbonyl (C=O) groups excluding carboxylic acids is 1. The van der Waals surface area contributed by atoms with Gasteiger partial charge in [-0.05, 0) is 65.3 Å². The van der Waals surface area contributed by atoms with E-state index in [0.717, 1.165) is 72.3 Å². The number of ketones is 1. The van der Waals surface area contributed by atoms with Gasteiger partial charge in [-0.3, -0.25) is 9.78 Å². The lowest BCUT2D eigenvalue weighted by Crippen LogP contribution is -2.31. The molecule has 1 aromatic carbocycles. The van der Waals surface area contributed by atoms with Crippen LogP contribution < -0.4 is 0 Å². The predicted octanol–water partition coefficient (Wildman–Crippen LogP) is 8.10. The summed E-state index contributed by atoms with van der Waals surface area (Å²) in [6.07, 6.45) is 1.10. The van der Waals surface area contributed by atoms with Gasteiger partial charge in [-0.2, -0.15) is 13.2 Å². The lowest BCUT2D eigenvalue weighted by atomic mass is 9.71. The van der Waals surface area contributed by atoms with Gasteiger partial charge in [-0.1, -0.05) is 59.2 Å². The minimum atomic E-state index is -4.38. The Morgan fingerprint density at radius 3 is 2.24 bits per heavy atom. The Morgan fingerprint density at radius 2 is 1.70 bits per heavy atom. The molecule has 0 bridgehead atoms. The van der Waals surface area contributed by atoms with Crippen molar-refractivity contribution in [2.45, 2.75) is 84.2 Å². The standard InChI is InChI=1S/C28H32F3NO/c1-16(2)26-23(17(3)18-10-12-20(13-11-18)28(29,30)31)24(19-8-6-7-9-19)25-21(32-26)14-27(4,5)15-22(25)33/h10-13,16,19H,3,6-9,14-15H2,1-2,4-5H3. The van der Waals surface area contributed by atoms with Gasteiger partial charge in [0.2, 0.25) is 0 Å². The quantitative estimate of drug-likeness (QED) is 0.466. The van der Waals surface area contributed by atoms with E-state index in [2.05, 4.69) is 34.3 Å². The van der Waals surface area contributed by atoms with E-state index in [1.54, 1.807) is 0 Å². The van der Waals surface area contributed by atoms with Crippen molar-refractivity contribution in [3.05, 3.63) is 70.0 Å². The smallest absolute Gasteiger partial charge is 0.294 e. The van der Waals surface area contributed by atoms with Crippen molar-refractivity contribution < 1.29 is 18.0 Å². The summed E-state index contributed by atoms with van der Waals surface area (Å²) in [6, 6.07) is 5.17. The highest BCUT2D eigenvalue weighted by Gasteiger charge is 2.38. The first-order valence-corrected chi connectivity index (χ1v) is 11.9. The molecule has 2 aliphatic rings. The summed E-state index contributed by atoms with van der Waals surface area (Å²) in [5.41, 5.74) is 4.93. The van der Waals surface area contributed by atoms with E-state index in [4.69, 9.17) is 4.98 Å². The number of Topliss-reactive ketones (excluding diaryl/α,β-unsaturated/α-hetero) is 1. The van der Waals surface area contributed by atoms with Gasteiger partial charge in [-0.25, -0.2) is 0 Å². The van der Waals surface area contributed by atoms with Crippen molar-refractivity contribution in [1.29, 1.82) is 0 Å². The largest absolute Gasteiger partial charge is 0.416 e. The summed E-state index contributed by atoms with van der Waals surface area (Å²) in [7, 11) is 0. The van der Waals surface area contributed by atoms with E-state index in [1.807, 2.05) is 0 Å². The Hall–Kier alpha value is -2.43. The summed E-state index contributed by atoms with van der Waals surface area (Å²) in [6.45, 7) is 12.7. The average molecular weight is 456 g/mol. The molecule has 0 atom stereocenters. The van der Waals surface area contributed by atoms with E-state index in [9.17, 15) is 18.0 Å². The van der Waals surface area contributed by atoms with Crippen LogP contribution in [0.2, 0.25) is 0 Å². The van der Waals surface area contributed by atoms with E-state index >= 15 is 0 Å². The Kier molecular flexibility index (Phi) is 6.05. The zero-order valence-corrected chi connectivity index (χ0v) is 19.9. The highest BCUT2D eigenvalue weighted by atomic mass is 19.4. The molecule has 5 heteroatoms. The molecule has 2 aliphatic carbocycles. The number of alkyl halides is 3. The Labute approximate surface area is 194 Å². The van der Waals surface area contributed by atoms with Crippen LogP contribution in [0.15, 0.2) is 30.8 Å². The fourth-order valence-corrected chi connectivity index (χ4v) is 5.52. The topological polar surface area (TPSA) is 30.0 Å². The summed E-state index contributed by atoms with van der Waals surface area (Å²) in [5.74, 6) is 0.481. The normalized spacial score (nSPS) is 18.6. The second-order valence-electron chi connectivity index (χ2n) is 10.7. The third kappa shape index (κ3) is 4.51. The fourth-order valence-electron chi connectivity index (χ4n) is 5.52. The first kappa shape index (κ1) is 23.7. The molecule has 1 fully saturated rings. The molecule has 33 heavy (non-hydrogen) atoms. The number of carbonyl (C=O) groups is 1. The fraction of sp³-hybridized carbons (Fsp3) is 0.500. The molecule has 0 spiro atoms. The molecule has 1 saturated carbocycles. The number of rotatable bonds is 4. The number of hydrogen-bond acceptors (Lipinski definition) is 2. The molecule has 2 nitrogen and oxygen atoms in total. The second-order valence-corrected chi connectivity index (χ2v) is 10.7. The Bertz CT molecular complexity index is 1090. The molecule has 4 rings (SSSR count). The highest BCUT2D eigenvalue weighted by Crippen LogP contribution is 2.47. The van der Waals surface area contributed by atoms with Crippen LogP contribution in [0.1, 0.15) is 116 Å². The van der Waals surface area contributed by atoms with Crippen LogP contribution in [-0.4, -0.2) is 10.8 Å². The second kappa shape index (κ2) is 8.41. The van der Waals surface area contributed by atoms with Crippen LogP contribution in [0, 0.1) is 5.41 Å². The van der Waals surface area contributed by atoms with Gasteiger partial charge < -0.3 is 0 Å². The van der Waals surface area contributed by atoms with Crippen LogP contribution in [0.4, 0.5) is 13.2 Å². The van der Waals surface area contributed by atoms with Crippen molar-refractivity contribution in [1.82, 2.24) is 4.98 Å². The van der Waals surface area contributed by atoms with E-state index < -0.39 is 11.7 Å². The van der Waals surface area contributed by atoms with Gasteiger partial charge in [0.1, 0.15) is 0 Å². The lowest BCUT2D eigenvalue weighted by molar-refractivity contribution is -0.137. The van der Waals surface area contributed by atoms with E-state index in [0.29, 0.717) is 17.6 Å². The summed E-state index contributed by atoms with van der Waals surface area (Å²) in [4.78, 5) is 18.5. The van der Waals surface area contributed by atoms with Gasteiger partial charge >= 0.3 is 6.18 Å². The van der Waals surface area contributed by atoms with Crippen molar-refractivity contribution >= 4 is 11.4 Å². The first-order chi connectivity index (χ1) is 15.4. The number of aromatic nitrogens is 1. The Balaban J connectivity index is 1.94. The first-order valence-electron chi connectivity index (χ1n) is 11.9. The number of halogens is 3. The van der Waals surface area contributed by atoms with Gasteiger partial charge in [0, 0.05) is 17.5 Å². The van der Waals surface area contributed by atoms with Gasteiger partial charge in [0.25, 0.3) is 0 Å². The van der Waals surface area contributed by atoms with Crippen LogP contribution in [-0.2, 0) is 12.6 Å². The van der Waals surface area contributed by atoms with E-state index in [1.165, 1.54) is 12.1 Å². The maximum atomic E-state index is 13.4. The number of hydrogen-bond donors (Lipinski definition) is 0. The monoisotopic (exact) mass is 455 g/mol. The molecule has 176 valence electrons. The zero-order chi connectivity index (χ0) is 24.1. The average Bonchev–Trinajstić information content (AvgIpc) is 3.25. The maximum absolute atomic E-state index is 13.4. The van der Waals surface area contributed by atoms with Gasteiger partial charge in [0.15, 0.2) is 5.78 Å². The lowest BCUT2D eigenvalue weighted by Gasteiger charge is -2.34. The molecular weight excluding hydrogens is 423 g/mol. The SMILES string of the molecule is C=C(c1ccc(C(F)(F)F)cc1)c1c(C(C)C)nc2c(c1C1CCCC1)C(=O)CC(C)(C)C2. The third-order valence-electron chi connectivity index (χ3n) is 7.08. The van der Waals surface area contributed by atoms with Gasteiger partial charge in [-0.15, -0.1) is 0 Å². The van der Waals surface area contributed by atoms with Crippen LogP contribution >= 0.6 is 0 Å². The van der Waals surface area contributed by atoms with Crippen LogP contribution in [0.25, 0.3) is 5.57 Å². The summed E-state index contributed by atoms with van der Waals surface area (Å²) in [5, 5.41) is 0. The molecule has 0 saturated heterocycles. The molecule has 0 radical (unpaired) electrons. The van der Waals surface area contributed by atoms with Crippen LogP contribution in [0.3, 0.4) is 0 Å². The molecule has 0 unspecified atom stereocenters. The molecule has 0 N–H and O–H groups in total. The van der Waals surface area contributed by atoms with Crippen molar-refractivity contribution in [3.8, 4) is 0 Å². The summed E-state index contributed by atoms with van der Waals surface area (Å²) < 4.78 is 39.3. The summed E-state index contributed by atoms with van der Waals surface area (Å²) >= 11 is 0. The molecule has 0 amide bonds. The molecule has 1 aromatic heterocycles. The Morgan fingerprint density at radius 1 is 1.09 bits per heavy atom. The third-order valence-corrected chi connectivity index (χ3v) is 7.08. The number of pyridine rings is 1.